The molecule has 7 nitrogen and oxygen atoms in total. The minimum Gasteiger partial charge on any atom is -0.337 e. The van der Waals surface area contributed by atoms with E-state index in [0.717, 1.165) is 12.8 Å². The smallest absolute Gasteiger partial charge is 0.253 e. The van der Waals surface area contributed by atoms with Gasteiger partial charge in [-0.2, -0.15) is 4.31 Å². The lowest BCUT2D eigenvalue weighted by molar-refractivity contribution is 0.0700. The van der Waals surface area contributed by atoms with E-state index in [2.05, 4.69) is 0 Å². The number of sulfonamides is 1. The van der Waals surface area contributed by atoms with Crippen LogP contribution in [0.4, 0.5) is 0 Å². The van der Waals surface area contributed by atoms with Gasteiger partial charge in [0.1, 0.15) is 0 Å². The van der Waals surface area contributed by atoms with Gasteiger partial charge < -0.3 is 4.90 Å². The summed E-state index contributed by atoms with van der Waals surface area (Å²) in [6.07, 6.45) is 4.06. The molecule has 0 radical (unpaired) electrons. The first-order valence-corrected chi connectivity index (χ1v) is 12.8. The molecule has 2 unspecified atom stereocenters. The van der Waals surface area contributed by atoms with Gasteiger partial charge in [-0.15, -0.1) is 0 Å². The fourth-order valence-corrected chi connectivity index (χ4v) is 6.51. The third kappa shape index (κ3) is 4.75. The average molecular weight is 431 g/mol. The fraction of sp³-hybridized carbons (Fsp3) is 0.632. The maximum absolute atomic E-state index is 13.0. The largest absolute Gasteiger partial charge is 0.337 e. The van der Waals surface area contributed by atoms with Crippen molar-refractivity contribution in [3.63, 3.8) is 0 Å². The Morgan fingerprint density at radius 2 is 1.68 bits per heavy atom. The molecule has 2 rings (SSSR count). The predicted molar refractivity (Wildman–Crippen MR) is 110 cm³/mol. The first kappa shape index (κ1) is 22.8. The molecule has 0 heterocycles. The number of amides is 1. The van der Waals surface area contributed by atoms with Crippen molar-refractivity contribution in [1.82, 2.24) is 9.21 Å². The van der Waals surface area contributed by atoms with Crippen LogP contribution < -0.4 is 0 Å². The summed E-state index contributed by atoms with van der Waals surface area (Å²) in [5.41, 5.74) is 0.235. The second-order valence-corrected chi connectivity index (χ2v) is 12.0. The highest BCUT2D eigenvalue weighted by Gasteiger charge is 2.37. The second kappa shape index (κ2) is 8.51. The molecular formula is C19H30N2O5S2. The van der Waals surface area contributed by atoms with Crippen LogP contribution in [-0.2, 0) is 19.9 Å². The molecule has 0 bridgehead atoms. The van der Waals surface area contributed by atoms with Gasteiger partial charge in [-0.3, -0.25) is 4.79 Å². The topological polar surface area (TPSA) is 91.8 Å². The van der Waals surface area contributed by atoms with Crippen LogP contribution in [0.5, 0.6) is 0 Å². The average Bonchev–Trinajstić information content (AvgIpc) is 2.65. The first-order chi connectivity index (χ1) is 12.9. The predicted octanol–water partition coefficient (Wildman–Crippen LogP) is 2.14. The molecule has 1 amide bonds. The first-order valence-electron chi connectivity index (χ1n) is 9.41. The van der Waals surface area contributed by atoms with E-state index in [1.165, 1.54) is 40.7 Å². The molecule has 158 valence electrons. The number of sulfone groups is 1. The lowest BCUT2D eigenvalue weighted by Gasteiger charge is -2.37. The van der Waals surface area contributed by atoms with Gasteiger partial charge in [0.05, 0.1) is 10.1 Å². The zero-order chi connectivity index (χ0) is 21.3. The molecule has 1 aliphatic carbocycles. The van der Waals surface area contributed by atoms with Crippen LogP contribution in [0.25, 0.3) is 0 Å². The number of benzene rings is 1. The summed E-state index contributed by atoms with van der Waals surface area (Å²) in [5.74, 6) is -0.371. The Kier molecular flexibility index (Phi) is 6.94. The van der Waals surface area contributed by atoms with Crippen molar-refractivity contribution in [2.45, 2.75) is 61.8 Å². The lowest BCUT2D eigenvalue weighted by atomic mass is 9.93. The van der Waals surface area contributed by atoms with Gasteiger partial charge >= 0.3 is 0 Å². The normalized spacial score (nSPS) is 21.1. The summed E-state index contributed by atoms with van der Waals surface area (Å²) in [5, 5.41) is -0.589. The number of rotatable bonds is 6. The van der Waals surface area contributed by atoms with Crippen LogP contribution in [0, 0.1) is 0 Å². The molecule has 2 atom stereocenters. The van der Waals surface area contributed by atoms with Crippen molar-refractivity contribution in [3.8, 4) is 0 Å². The molecule has 9 heteroatoms. The van der Waals surface area contributed by atoms with Crippen LogP contribution in [0.15, 0.2) is 29.2 Å². The van der Waals surface area contributed by atoms with Gasteiger partial charge in [0, 0.05) is 38.0 Å². The Morgan fingerprint density at radius 3 is 2.25 bits per heavy atom. The molecule has 1 saturated carbocycles. The van der Waals surface area contributed by atoms with Gasteiger partial charge in [-0.05, 0) is 44.9 Å². The van der Waals surface area contributed by atoms with Crippen molar-refractivity contribution < 1.29 is 21.6 Å². The van der Waals surface area contributed by atoms with E-state index in [-0.39, 0.29) is 22.4 Å². The molecule has 0 N–H and O–H groups in total. The van der Waals surface area contributed by atoms with Gasteiger partial charge in [-0.25, -0.2) is 16.8 Å². The zero-order valence-corrected chi connectivity index (χ0v) is 18.8. The lowest BCUT2D eigenvalue weighted by Crippen LogP contribution is -2.49. The molecule has 0 aromatic heterocycles. The summed E-state index contributed by atoms with van der Waals surface area (Å²) >= 11 is 0. The number of carbonyl (C=O) groups is 1. The SMILES string of the molecule is CC(C)N(C)S(=O)(=O)c1cccc(C(=O)N(C)C2CCCCC2S(C)(=O)=O)c1. The molecule has 28 heavy (non-hydrogen) atoms. The van der Waals surface area contributed by atoms with Crippen LogP contribution in [0.2, 0.25) is 0 Å². The van der Waals surface area contributed by atoms with Crippen molar-refractivity contribution in [2.75, 3.05) is 20.4 Å². The maximum atomic E-state index is 13.0. The summed E-state index contributed by atoms with van der Waals surface area (Å²) in [4.78, 5) is 14.5. The van der Waals surface area contributed by atoms with Crippen molar-refractivity contribution in [1.29, 1.82) is 0 Å². The molecule has 0 aliphatic heterocycles. The quantitative estimate of drug-likeness (QED) is 0.689. The Hall–Kier alpha value is -1.45. The van der Waals surface area contributed by atoms with Gasteiger partial charge in [-0.1, -0.05) is 18.9 Å². The third-order valence-electron chi connectivity index (χ3n) is 5.52. The van der Waals surface area contributed by atoms with Crippen LogP contribution in [0.1, 0.15) is 49.9 Å². The number of carbonyl (C=O) groups excluding carboxylic acids is 1. The molecule has 0 saturated heterocycles. The highest BCUT2D eigenvalue weighted by Crippen LogP contribution is 2.28. The van der Waals surface area contributed by atoms with Gasteiger partial charge in [0.2, 0.25) is 10.0 Å². The Morgan fingerprint density at radius 1 is 1.07 bits per heavy atom. The van der Waals surface area contributed by atoms with Gasteiger partial charge in [0.15, 0.2) is 9.84 Å². The van der Waals surface area contributed by atoms with Crippen molar-refractivity contribution in [3.05, 3.63) is 29.8 Å². The van der Waals surface area contributed by atoms with E-state index < -0.39 is 31.2 Å². The Balaban J connectivity index is 2.34. The molecular weight excluding hydrogens is 400 g/mol. The number of hydrogen-bond acceptors (Lipinski definition) is 5. The molecule has 1 aromatic rings. The van der Waals surface area contributed by atoms with E-state index >= 15 is 0 Å². The minimum absolute atomic E-state index is 0.0475. The van der Waals surface area contributed by atoms with Crippen LogP contribution in [0.3, 0.4) is 0 Å². The van der Waals surface area contributed by atoms with E-state index in [9.17, 15) is 21.6 Å². The van der Waals surface area contributed by atoms with E-state index in [4.69, 9.17) is 0 Å². The second-order valence-electron chi connectivity index (χ2n) is 7.78. The fourth-order valence-electron chi connectivity index (χ4n) is 3.61. The van der Waals surface area contributed by atoms with Gasteiger partial charge in [0.25, 0.3) is 5.91 Å². The number of hydrogen-bond donors (Lipinski definition) is 0. The van der Waals surface area contributed by atoms with E-state index in [1.807, 2.05) is 0 Å². The third-order valence-corrected chi connectivity index (χ3v) is 9.20. The summed E-state index contributed by atoms with van der Waals surface area (Å²) in [6, 6.07) is 5.30. The molecule has 1 fully saturated rings. The monoisotopic (exact) mass is 430 g/mol. The Labute approximate surface area is 168 Å². The summed E-state index contributed by atoms with van der Waals surface area (Å²) in [7, 11) is -3.90. The Bertz CT molecular complexity index is 925. The van der Waals surface area contributed by atoms with E-state index in [1.54, 1.807) is 27.0 Å². The minimum atomic E-state index is -3.71. The van der Waals surface area contributed by atoms with Crippen LogP contribution in [-0.4, -0.2) is 69.6 Å². The van der Waals surface area contributed by atoms with Crippen molar-refractivity contribution in [2.24, 2.45) is 0 Å². The zero-order valence-electron chi connectivity index (χ0n) is 17.1. The highest BCUT2D eigenvalue weighted by molar-refractivity contribution is 7.91. The summed E-state index contributed by atoms with van der Waals surface area (Å²) < 4.78 is 51.0. The highest BCUT2D eigenvalue weighted by atomic mass is 32.2. The summed E-state index contributed by atoms with van der Waals surface area (Å²) in [6.45, 7) is 3.55. The maximum Gasteiger partial charge on any atom is 0.253 e. The van der Waals surface area contributed by atoms with E-state index in [0.29, 0.717) is 12.8 Å². The molecule has 1 aliphatic rings. The van der Waals surface area contributed by atoms with Crippen LogP contribution >= 0.6 is 0 Å². The van der Waals surface area contributed by atoms with Crippen molar-refractivity contribution >= 4 is 25.8 Å². The molecule has 0 spiro atoms. The standard InChI is InChI=1S/C19H30N2O5S2/c1-14(2)21(4)28(25,26)16-10-8-9-15(13-16)19(22)20(3)17-11-6-7-12-18(17)27(5,23)24/h8-10,13-14,17-18H,6-7,11-12H2,1-5H3. The molecule has 1 aromatic carbocycles. The number of nitrogens with zero attached hydrogens (tertiary/aromatic N) is 2.